The van der Waals surface area contributed by atoms with Crippen LogP contribution >= 0.6 is 0 Å². The smallest absolute Gasteiger partial charge is 0.243 e. The van der Waals surface area contributed by atoms with E-state index < -0.39 is 32.4 Å². The van der Waals surface area contributed by atoms with Crippen molar-refractivity contribution in [1.82, 2.24) is 9.62 Å². The molecule has 0 heterocycles. The molecule has 0 saturated carbocycles. The number of hydrogen-bond donors (Lipinski definition) is 1. The topological polar surface area (TPSA) is 58.6 Å². The summed E-state index contributed by atoms with van der Waals surface area (Å²) in [5.41, 5.74) is 0.600. The molecule has 5 nitrogen and oxygen atoms in total. The molecule has 0 amide bonds. The number of hydrogen-bond acceptors (Lipinski definition) is 4. The summed E-state index contributed by atoms with van der Waals surface area (Å²) >= 11 is 0. The van der Waals surface area contributed by atoms with Crippen molar-refractivity contribution in [3.05, 3.63) is 59.4 Å². The fourth-order valence-corrected chi connectivity index (χ4v) is 3.59. The third-order valence-electron chi connectivity index (χ3n) is 4.22. The van der Waals surface area contributed by atoms with E-state index in [4.69, 9.17) is 4.74 Å². The predicted octanol–water partition coefficient (Wildman–Crippen LogP) is 3.30. The molecule has 0 spiro atoms. The third-order valence-corrected chi connectivity index (χ3v) is 5.64. The molecule has 0 aliphatic rings. The van der Waals surface area contributed by atoms with Crippen molar-refractivity contribution >= 4 is 10.0 Å². The summed E-state index contributed by atoms with van der Waals surface area (Å²) < 4.78 is 72.0. The lowest BCUT2D eigenvalue weighted by atomic mass is 10.2. The van der Waals surface area contributed by atoms with E-state index in [2.05, 4.69) is 23.5 Å². The van der Waals surface area contributed by atoms with Crippen LogP contribution < -0.4 is 9.46 Å². The molecule has 2 aromatic carbocycles. The molecule has 1 N–H and O–H groups in total. The largest absolute Gasteiger partial charge is 0.492 e. The van der Waals surface area contributed by atoms with Gasteiger partial charge in [-0.1, -0.05) is 26.0 Å². The van der Waals surface area contributed by atoms with E-state index in [0.29, 0.717) is 24.0 Å². The number of ether oxygens (including phenoxy) is 1. The van der Waals surface area contributed by atoms with Crippen molar-refractivity contribution in [3.63, 3.8) is 0 Å². The summed E-state index contributed by atoms with van der Waals surface area (Å²) in [7, 11) is -4.34. The average molecular weight is 416 g/mol. The van der Waals surface area contributed by atoms with Crippen LogP contribution in [0.25, 0.3) is 0 Å². The Kier molecular flexibility index (Phi) is 7.85. The molecule has 0 unspecified atom stereocenters. The summed E-state index contributed by atoms with van der Waals surface area (Å²) in [6.45, 7) is 7.23. The van der Waals surface area contributed by atoms with Crippen LogP contribution in [-0.4, -0.2) is 39.6 Å². The molecule has 0 fully saturated rings. The van der Waals surface area contributed by atoms with Crippen molar-refractivity contribution in [2.45, 2.75) is 25.3 Å². The minimum absolute atomic E-state index is 0.138. The molecule has 154 valence electrons. The minimum atomic E-state index is -4.34. The van der Waals surface area contributed by atoms with E-state index in [0.717, 1.165) is 19.6 Å². The summed E-state index contributed by atoms with van der Waals surface area (Å²) in [5, 5.41) is 0. The first-order chi connectivity index (χ1) is 13.3. The van der Waals surface area contributed by atoms with Crippen LogP contribution in [0.15, 0.2) is 41.3 Å². The molecule has 9 heteroatoms. The van der Waals surface area contributed by atoms with Gasteiger partial charge in [0.25, 0.3) is 0 Å². The van der Waals surface area contributed by atoms with Gasteiger partial charge in [0, 0.05) is 19.2 Å². The molecule has 0 atom stereocenters. The second-order valence-corrected chi connectivity index (χ2v) is 7.78. The Hall–Kier alpha value is -2.10. The molecule has 0 aromatic heterocycles. The van der Waals surface area contributed by atoms with Gasteiger partial charge in [0.2, 0.25) is 10.0 Å². The molecule has 0 aliphatic carbocycles. The number of rotatable bonds is 10. The van der Waals surface area contributed by atoms with Gasteiger partial charge >= 0.3 is 0 Å². The van der Waals surface area contributed by atoms with Gasteiger partial charge in [0.1, 0.15) is 23.1 Å². The van der Waals surface area contributed by atoms with Gasteiger partial charge in [-0.3, -0.25) is 0 Å². The standard InChI is InChI=1S/C19H23F3N2O3S/c1-3-24(4-2)9-10-27-15-7-5-14(6-8-15)13-23-28(25,26)19-12-17(21)16(20)11-18(19)22/h5-8,11-12,23H,3-4,9-10,13H2,1-2H3. The van der Waals surface area contributed by atoms with Crippen molar-refractivity contribution < 1.29 is 26.3 Å². The van der Waals surface area contributed by atoms with Crippen LogP contribution in [0.4, 0.5) is 13.2 Å². The van der Waals surface area contributed by atoms with Crippen LogP contribution in [0, 0.1) is 17.5 Å². The van der Waals surface area contributed by atoms with Gasteiger partial charge in [-0.2, -0.15) is 0 Å². The maximum Gasteiger partial charge on any atom is 0.243 e. The molecule has 28 heavy (non-hydrogen) atoms. The zero-order valence-electron chi connectivity index (χ0n) is 15.7. The van der Waals surface area contributed by atoms with Crippen LogP contribution in [-0.2, 0) is 16.6 Å². The highest BCUT2D eigenvalue weighted by molar-refractivity contribution is 7.89. The first kappa shape index (κ1) is 22.2. The molecule has 0 radical (unpaired) electrons. The molecular formula is C19H23F3N2O3S. The maximum absolute atomic E-state index is 13.7. The summed E-state index contributed by atoms with van der Waals surface area (Å²) in [6.07, 6.45) is 0. The molecule has 2 aromatic rings. The number of likely N-dealkylation sites (N-methyl/N-ethyl adjacent to an activating group) is 1. The lowest BCUT2D eigenvalue weighted by Gasteiger charge is -2.18. The van der Waals surface area contributed by atoms with Gasteiger partial charge in [-0.25, -0.2) is 26.3 Å². The minimum Gasteiger partial charge on any atom is -0.492 e. The summed E-state index contributed by atoms with van der Waals surface area (Å²) in [5.74, 6) is -3.60. The normalized spacial score (nSPS) is 11.8. The van der Waals surface area contributed by atoms with Crippen molar-refractivity contribution in [1.29, 1.82) is 0 Å². The average Bonchev–Trinajstić information content (AvgIpc) is 2.67. The Balaban J connectivity index is 1.95. The highest BCUT2D eigenvalue weighted by atomic mass is 32.2. The second kappa shape index (κ2) is 9.90. The van der Waals surface area contributed by atoms with Gasteiger partial charge in [-0.15, -0.1) is 0 Å². The Morgan fingerprint density at radius 2 is 1.57 bits per heavy atom. The van der Waals surface area contributed by atoms with Crippen molar-refractivity contribution in [2.24, 2.45) is 0 Å². The molecule has 2 rings (SSSR count). The predicted molar refractivity (Wildman–Crippen MR) is 100 cm³/mol. The highest BCUT2D eigenvalue weighted by Crippen LogP contribution is 2.19. The zero-order valence-corrected chi connectivity index (χ0v) is 16.5. The maximum atomic E-state index is 13.7. The lowest BCUT2D eigenvalue weighted by molar-refractivity contribution is 0.223. The fourth-order valence-electron chi connectivity index (χ4n) is 2.50. The Labute approximate surface area is 163 Å². The number of nitrogens with zero attached hydrogens (tertiary/aromatic N) is 1. The van der Waals surface area contributed by atoms with Crippen LogP contribution in [0.2, 0.25) is 0 Å². The van der Waals surface area contributed by atoms with Crippen LogP contribution in [0.1, 0.15) is 19.4 Å². The summed E-state index contributed by atoms with van der Waals surface area (Å²) in [4.78, 5) is 1.28. The van der Waals surface area contributed by atoms with Gasteiger partial charge < -0.3 is 9.64 Å². The molecule has 0 bridgehead atoms. The van der Waals surface area contributed by atoms with Crippen molar-refractivity contribution in [3.8, 4) is 5.75 Å². The zero-order chi connectivity index (χ0) is 20.7. The van der Waals surface area contributed by atoms with Crippen molar-refractivity contribution in [2.75, 3.05) is 26.2 Å². The monoisotopic (exact) mass is 416 g/mol. The quantitative estimate of drug-likeness (QED) is 0.604. The fraction of sp³-hybridized carbons (Fsp3) is 0.368. The molecule has 0 saturated heterocycles. The van der Waals surface area contributed by atoms with E-state index in [1.807, 2.05) is 0 Å². The molecule has 0 aliphatic heterocycles. The highest BCUT2D eigenvalue weighted by Gasteiger charge is 2.21. The number of nitrogens with one attached hydrogen (secondary N) is 1. The van der Waals surface area contributed by atoms with E-state index >= 15 is 0 Å². The summed E-state index contributed by atoms with van der Waals surface area (Å²) in [6, 6.07) is 7.25. The third kappa shape index (κ3) is 5.95. The molecular weight excluding hydrogens is 393 g/mol. The first-order valence-electron chi connectivity index (χ1n) is 8.85. The van der Waals surface area contributed by atoms with E-state index in [9.17, 15) is 21.6 Å². The van der Waals surface area contributed by atoms with E-state index in [-0.39, 0.29) is 12.6 Å². The number of halogens is 3. The van der Waals surface area contributed by atoms with E-state index in [1.165, 1.54) is 0 Å². The second-order valence-electron chi connectivity index (χ2n) is 6.04. The number of benzene rings is 2. The van der Waals surface area contributed by atoms with Crippen LogP contribution in [0.5, 0.6) is 5.75 Å². The number of sulfonamides is 1. The van der Waals surface area contributed by atoms with E-state index in [1.54, 1.807) is 24.3 Å². The Bertz CT molecular complexity index is 886. The van der Waals surface area contributed by atoms with Gasteiger partial charge in [0.05, 0.1) is 0 Å². The Morgan fingerprint density at radius 3 is 2.18 bits per heavy atom. The lowest BCUT2D eigenvalue weighted by Crippen LogP contribution is -2.27. The Morgan fingerprint density at radius 1 is 0.964 bits per heavy atom. The SMILES string of the molecule is CCN(CC)CCOc1ccc(CNS(=O)(=O)c2cc(F)c(F)cc2F)cc1. The van der Waals surface area contributed by atoms with Gasteiger partial charge in [-0.05, 0) is 36.9 Å². The van der Waals surface area contributed by atoms with Gasteiger partial charge in [0.15, 0.2) is 11.6 Å². The van der Waals surface area contributed by atoms with Crippen LogP contribution in [0.3, 0.4) is 0 Å². The first-order valence-corrected chi connectivity index (χ1v) is 10.3.